The molecule has 0 fully saturated rings. The Kier molecular flexibility index (Phi) is 3.54. The quantitative estimate of drug-likeness (QED) is 0.891. The van der Waals surface area contributed by atoms with E-state index in [0.29, 0.717) is 0 Å². The number of rotatable bonds is 2. The second-order valence-corrected chi connectivity index (χ2v) is 8.27. The normalized spacial score (nSPS) is 16.6. The molecule has 1 N–H and O–H groups in total. The average molecular weight is 296 g/mol. The summed E-state index contributed by atoms with van der Waals surface area (Å²) in [5.41, 5.74) is 2.65. The molecule has 0 saturated carbocycles. The molecule has 2 aromatic heterocycles. The number of hydrogen-bond acceptors (Lipinski definition) is 4. The van der Waals surface area contributed by atoms with Gasteiger partial charge in [0.05, 0.1) is 0 Å². The first-order chi connectivity index (χ1) is 8.65. The predicted molar refractivity (Wildman–Crippen MR) is 82.0 cm³/mol. The van der Waals surface area contributed by atoms with Crippen LogP contribution in [-0.4, -0.2) is 10.9 Å². The van der Waals surface area contributed by atoms with Crippen molar-refractivity contribution >= 4 is 34.4 Å². The zero-order valence-corrected chi connectivity index (χ0v) is 13.0. The van der Waals surface area contributed by atoms with Crippen LogP contribution in [0.15, 0.2) is 12.1 Å². The number of hydrogen-bond donors (Lipinski definition) is 1. The lowest BCUT2D eigenvalue weighted by atomic mass is 10.1. The Hall–Kier alpha value is -0.290. The Bertz CT molecular complexity index is 544. The van der Waals surface area contributed by atoms with Crippen molar-refractivity contribution in [1.29, 1.82) is 0 Å². The molecule has 0 radical (unpaired) electrons. The van der Waals surface area contributed by atoms with Crippen LogP contribution in [-0.2, 0) is 12.2 Å². The summed E-state index contributed by atoms with van der Waals surface area (Å²) >= 11 is 5.51. The van der Waals surface area contributed by atoms with Crippen LogP contribution in [0.2, 0.25) is 0 Å². The van der Waals surface area contributed by atoms with Gasteiger partial charge in [0, 0.05) is 25.3 Å². The number of thiophene rings is 2. The van der Waals surface area contributed by atoms with E-state index in [1.54, 1.807) is 22.7 Å². The molecule has 0 amide bonds. The number of fused-ring (bicyclic) bond motifs is 1. The molecule has 1 aliphatic heterocycles. The first-order valence-corrected chi connectivity index (χ1v) is 8.88. The monoisotopic (exact) mass is 296 g/mol. The van der Waals surface area contributed by atoms with Crippen molar-refractivity contribution in [3.05, 3.63) is 42.8 Å². The van der Waals surface area contributed by atoms with Crippen molar-refractivity contribution in [2.75, 3.05) is 5.75 Å². The fourth-order valence-corrected chi connectivity index (χ4v) is 5.85. The standard InChI is InChI=1S/C14H16OS3/c1-8-5-9(2)17-14(8)13(15)12-6-10-7-16-4-3-11(10)18-12/h5-6,13,15H,3-4,7H2,1-2H3. The molecule has 0 aliphatic carbocycles. The van der Waals surface area contributed by atoms with Crippen molar-refractivity contribution < 1.29 is 5.11 Å². The maximum atomic E-state index is 10.5. The van der Waals surface area contributed by atoms with E-state index in [1.807, 2.05) is 11.8 Å². The van der Waals surface area contributed by atoms with Crippen molar-refractivity contribution in [3.63, 3.8) is 0 Å². The van der Waals surface area contributed by atoms with Crippen LogP contribution in [0.5, 0.6) is 0 Å². The first-order valence-electron chi connectivity index (χ1n) is 6.09. The Balaban J connectivity index is 1.94. The average Bonchev–Trinajstić information content (AvgIpc) is 2.91. The molecule has 1 aliphatic rings. The zero-order valence-electron chi connectivity index (χ0n) is 10.5. The summed E-state index contributed by atoms with van der Waals surface area (Å²) in [7, 11) is 0. The van der Waals surface area contributed by atoms with E-state index in [4.69, 9.17) is 0 Å². The molecule has 0 aromatic carbocycles. The van der Waals surface area contributed by atoms with Crippen LogP contribution in [0.4, 0.5) is 0 Å². The number of thioether (sulfide) groups is 1. The first kappa shape index (κ1) is 12.7. The van der Waals surface area contributed by atoms with Crippen LogP contribution in [0.3, 0.4) is 0 Å². The molecule has 4 heteroatoms. The van der Waals surface area contributed by atoms with Gasteiger partial charge in [-0.25, -0.2) is 0 Å². The van der Waals surface area contributed by atoms with Gasteiger partial charge in [-0.3, -0.25) is 0 Å². The van der Waals surface area contributed by atoms with E-state index in [-0.39, 0.29) is 0 Å². The molecule has 1 nitrogen and oxygen atoms in total. The van der Waals surface area contributed by atoms with E-state index in [1.165, 1.54) is 33.1 Å². The van der Waals surface area contributed by atoms with Crippen LogP contribution in [0.1, 0.15) is 36.7 Å². The molecule has 0 spiro atoms. The van der Waals surface area contributed by atoms with E-state index in [2.05, 4.69) is 26.0 Å². The van der Waals surface area contributed by atoms with Gasteiger partial charge < -0.3 is 5.11 Å². The molecule has 0 saturated heterocycles. The molecule has 3 rings (SSSR count). The molecule has 3 heterocycles. The number of aliphatic hydroxyl groups excluding tert-OH is 1. The molecular formula is C14H16OS3. The third kappa shape index (κ3) is 2.27. The predicted octanol–water partition coefficient (Wildman–Crippen LogP) is 4.30. The van der Waals surface area contributed by atoms with Crippen LogP contribution < -0.4 is 0 Å². The van der Waals surface area contributed by atoms with Gasteiger partial charge in [-0.2, -0.15) is 11.8 Å². The number of aliphatic hydroxyl groups is 1. The molecule has 2 aromatic rings. The SMILES string of the molecule is Cc1cc(C)c(C(O)c2cc3c(s2)CCSC3)s1. The smallest absolute Gasteiger partial charge is 0.123 e. The van der Waals surface area contributed by atoms with Crippen molar-refractivity contribution in [2.24, 2.45) is 0 Å². The number of aryl methyl sites for hydroxylation is 3. The topological polar surface area (TPSA) is 20.2 Å². The molecule has 0 bridgehead atoms. The van der Waals surface area contributed by atoms with E-state index < -0.39 is 6.10 Å². The van der Waals surface area contributed by atoms with E-state index in [0.717, 1.165) is 15.5 Å². The molecule has 18 heavy (non-hydrogen) atoms. The van der Waals surface area contributed by atoms with Crippen molar-refractivity contribution in [1.82, 2.24) is 0 Å². The minimum absolute atomic E-state index is 0.427. The summed E-state index contributed by atoms with van der Waals surface area (Å²) in [5.74, 6) is 2.33. The minimum Gasteiger partial charge on any atom is -0.382 e. The highest BCUT2D eigenvalue weighted by Crippen LogP contribution is 2.39. The fraction of sp³-hybridized carbons (Fsp3) is 0.429. The summed E-state index contributed by atoms with van der Waals surface area (Å²) in [6.07, 6.45) is 0.740. The van der Waals surface area contributed by atoms with Crippen LogP contribution in [0, 0.1) is 13.8 Å². The molecule has 1 unspecified atom stereocenters. The van der Waals surface area contributed by atoms with Gasteiger partial charge in [0.1, 0.15) is 6.10 Å². The van der Waals surface area contributed by atoms with Gasteiger partial charge in [-0.1, -0.05) is 0 Å². The van der Waals surface area contributed by atoms with Crippen LogP contribution >= 0.6 is 34.4 Å². The highest BCUT2D eigenvalue weighted by Gasteiger charge is 2.21. The summed E-state index contributed by atoms with van der Waals surface area (Å²) in [6.45, 7) is 4.19. The summed E-state index contributed by atoms with van der Waals surface area (Å²) in [6, 6.07) is 4.37. The molecule has 1 atom stereocenters. The van der Waals surface area contributed by atoms with E-state index in [9.17, 15) is 5.11 Å². The van der Waals surface area contributed by atoms with Crippen molar-refractivity contribution in [2.45, 2.75) is 32.1 Å². The Morgan fingerprint density at radius 1 is 1.22 bits per heavy atom. The van der Waals surface area contributed by atoms with Crippen molar-refractivity contribution in [3.8, 4) is 0 Å². The zero-order chi connectivity index (χ0) is 12.7. The maximum Gasteiger partial charge on any atom is 0.123 e. The molecular weight excluding hydrogens is 280 g/mol. The fourth-order valence-electron chi connectivity index (χ4n) is 2.37. The van der Waals surface area contributed by atoms with Gasteiger partial charge in [-0.05, 0) is 49.3 Å². The molecule has 96 valence electrons. The van der Waals surface area contributed by atoms with Crippen LogP contribution in [0.25, 0.3) is 0 Å². The van der Waals surface area contributed by atoms with Gasteiger partial charge in [-0.15, -0.1) is 22.7 Å². The minimum atomic E-state index is -0.427. The lowest BCUT2D eigenvalue weighted by Crippen LogP contribution is -1.96. The second kappa shape index (κ2) is 5.00. The Labute approximate surface area is 120 Å². The third-order valence-corrected chi connectivity index (χ3v) is 6.75. The van der Waals surface area contributed by atoms with Gasteiger partial charge in [0.15, 0.2) is 0 Å². The highest BCUT2D eigenvalue weighted by atomic mass is 32.2. The summed E-state index contributed by atoms with van der Waals surface area (Å²) < 4.78 is 0. The third-order valence-electron chi connectivity index (χ3n) is 3.24. The van der Waals surface area contributed by atoms with Gasteiger partial charge in [0.2, 0.25) is 0 Å². The summed E-state index contributed by atoms with van der Waals surface area (Å²) in [5, 5.41) is 10.5. The summed E-state index contributed by atoms with van der Waals surface area (Å²) in [4.78, 5) is 4.98. The highest BCUT2D eigenvalue weighted by molar-refractivity contribution is 7.98. The van der Waals surface area contributed by atoms with E-state index >= 15 is 0 Å². The lowest BCUT2D eigenvalue weighted by molar-refractivity contribution is 0.227. The maximum absolute atomic E-state index is 10.5. The largest absolute Gasteiger partial charge is 0.382 e. The Morgan fingerprint density at radius 3 is 2.72 bits per heavy atom. The van der Waals surface area contributed by atoms with Gasteiger partial charge >= 0.3 is 0 Å². The lowest BCUT2D eigenvalue weighted by Gasteiger charge is -2.08. The van der Waals surface area contributed by atoms with Gasteiger partial charge in [0.25, 0.3) is 0 Å². The Morgan fingerprint density at radius 2 is 2.06 bits per heavy atom. The second-order valence-electron chi connectivity index (χ2n) is 4.71.